The van der Waals surface area contributed by atoms with Gasteiger partial charge < -0.3 is 10.1 Å². The van der Waals surface area contributed by atoms with Crippen LogP contribution in [0.1, 0.15) is 18.5 Å². The molecule has 0 aliphatic heterocycles. The summed E-state index contributed by atoms with van der Waals surface area (Å²) in [5, 5.41) is 2.10. The van der Waals surface area contributed by atoms with Crippen molar-refractivity contribution in [3.63, 3.8) is 0 Å². The molecular formula is C13H15F6NO. The number of halogens is 6. The molecule has 1 aromatic carbocycles. The van der Waals surface area contributed by atoms with Gasteiger partial charge in [0.1, 0.15) is 5.75 Å². The molecule has 8 heteroatoms. The summed E-state index contributed by atoms with van der Waals surface area (Å²) in [6.45, 7) is 2.07. The Morgan fingerprint density at radius 1 is 1.00 bits per heavy atom. The minimum atomic E-state index is -5.40. The summed E-state index contributed by atoms with van der Waals surface area (Å²) in [4.78, 5) is 0. The second-order valence-electron chi connectivity index (χ2n) is 4.33. The number of ether oxygens (including phenoxy) is 1. The molecule has 21 heavy (non-hydrogen) atoms. The molecule has 1 rings (SSSR count). The fourth-order valence-electron chi connectivity index (χ4n) is 2.03. The summed E-state index contributed by atoms with van der Waals surface area (Å²) in [7, 11) is 1.06. The second kappa shape index (κ2) is 6.55. The lowest BCUT2D eigenvalue weighted by Crippen LogP contribution is -2.45. The number of hydrogen-bond acceptors (Lipinski definition) is 2. The Kier molecular flexibility index (Phi) is 5.49. The normalized spacial score (nSPS) is 14.3. The Morgan fingerprint density at radius 3 is 1.81 bits per heavy atom. The van der Waals surface area contributed by atoms with Crippen molar-refractivity contribution >= 4 is 0 Å². The van der Waals surface area contributed by atoms with Gasteiger partial charge in [0.2, 0.25) is 0 Å². The van der Waals surface area contributed by atoms with Crippen molar-refractivity contribution in [1.29, 1.82) is 0 Å². The van der Waals surface area contributed by atoms with Crippen molar-refractivity contribution in [2.45, 2.75) is 25.3 Å². The molecular weight excluding hydrogens is 300 g/mol. The number of benzene rings is 1. The van der Waals surface area contributed by atoms with Crippen LogP contribution in [0.15, 0.2) is 24.3 Å². The van der Waals surface area contributed by atoms with E-state index in [0.29, 0.717) is 12.4 Å². The molecule has 0 heterocycles. The van der Waals surface area contributed by atoms with E-state index in [2.05, 4.69) is 5.32 Å². The topological polar surface area (TPSA) is 21.3 Å². The van der Waals surface area contributed by atoms with Crippen LogP contribution in [0.5, 0.6) is 5.75 Å². The molecule has 0 spiro atoms. The van der Waals surface area contributed by atoms with Crippen molar-refractivity contribution in [3.8, 4) is 5.75 Å². The Hall–Kier alpha value is -1.44. The zero-order valence-corrected chi connectivity index (χ0v) is 11.3. The summed E-state index contributed by atoms with van der Waals surface area (Å²) < 4.78 is 81.6. The van der Waals surface area contributed by atoms with Crippen LogP contribution in [0, 0.1) is 5.92 Å². The minimum Gasteiger partial charge on any atom is -0.494 e. The minimum absolute atomic E-state index is 0.111. The zero-order chi connectivity index (χ0) is 16.3. The quantitative estimate of drug-likeness (QED) is 0.827. The molecule has 1 atom stereocenters. The Labute approximate surface area is 118 Å². The summed E-state index contributed by atoms with van der Waals surface area (Å²) in [5.41, 5.74) is -0.111. The Balaban J connectivity index is 3.14. The third-order valence-electron chi connectivity index (χ3n) is 2.90. The fourth-order valence-corrected chi connectivity index (χ4v) is 2.03. The van der Waals surface area contributed by atoms with Crippen LogP contribution < -0.4 is 10.1 Å². The lowest BCUT2D eigenvalue weighted by atomic mass is 9.92. The first-order valence-corrected chi connectivity index (χ1v) is 6.14. The van der Waals surface area contributed by atoms with Gasteiger partial charge in [-0.15, -0.1) is 0 Å². The summed E-state index contributed by atoms with van der Waals surface area (Å²) >= 11 is 0. The Morgan fingerprint density at radius 2 is 1.48 bits per heavy atom. The van der Waals surface area contributed by atoms with Gasteiger partial charge in [0.05, 0.1) is 12.6 Å². The van der Waals surface area contributed by atoms with E-state index < -0.39 is 24.3 Å². The van der Waals surface area contributed by atoms with E-state index >= 15 is 0 Å². The molecule has 0 aliphatic rings. The highest BCUT2D eigenvalue weighted by Crippen LogP contribution is 2.46. The van der Waals surface area contributed by atoms with E-state index in [1.54, 1.807) is 6.92 Å². The smallest absolute Gasteiger partial charge is 0.402 e. The maximum atomic E-state index is 12.8. The third-order valence-corrected chi connectivity index (χ3v) is 2.90. The van der Waals surface area contributed by atoms with Crippen LogP contribution >= 0.6 is 0 Å². The summed E-state index contributed by atoms with van der Waals surface area (Å²) in [6.07, 6.45) is -10.8. The molecule has 2 nitrogen and oxygen atoms in total. The summed E-state index contributed by atoms with van der Waals surface area (Å²) in [5.74, 6) is -3.10. The van der Waals surface area contributed by atoms with Crippen LogP contribution in [0.4, 0.5) is 26.3 Å². The molecule has 0 saturated carbocycles. The number of alkyl halides is 6. The third kappa shape index (κ3) is 4.52. The molecule has 1 N–H and O–H groups in total. The van der Waals surface area contributed by atoms with Crippen LogP contribution in [0.25, 0.3) is 0 Å². The zero-order valence-electron chi connectivity index (χ0n) is 11.3. The van der Waals surface area contributed by atoms with Crippen molar-refractivity contribution < 1.29 is 31.1 Å². The van der Waals surface area contributed by atoms with Crippen molar-refractivity contribution in [3.05, 3.63) is 29.8 Å². The first-order chi connectivity index (χ1) is 9.61. The lowest BCUT2D eigenvalue weighted by molar-refractivity contribution is -0.292. The van der Waals surface area contributed by atoms with E-state index in [1.807, 2.05) is 0 Å². The number of hydrogen-bond donors (Lipinski definition) is 1. The highest BCUT2D eigenvalue weighted by atomic mass is 19.4. The molecule has 0 saturated heterocycles. The molecule has 0 aliphatic carbocycles. The van der Waals surface area contributed by atoms with Crippen LogP contribution in [-0.4, -0.2) is 26.0 Å². The molecule has 0 fully saturated rings. The van der Waals surface area contributed by atoms with Gasteiger partial charge in [-0.25, -0.2) is 0 Å². The van der Waals surface area contributed by atoms with Gasteiger partial charge in [0.15, 0.2) is 5.92 Å². The van der Waals surface area contributed by atoms with Gasteiger partial charge in [-0.05, 0) is 31.7 Å². The predicted octanol–water partition coefficient (Wildman–Crippen LogP) is 4.09. The molecule has 1 aromatic rings. The van der Waals surface area contributed by atoms with Gasteiger partial charge in [-0.1, -0.05) is 12.1 Å². The van der Waals surface area contributed by atoms with E-state index in [1.165, 1.54) is 24.3 Å². The average Bonchev–Trinajstić information content (AvgIpc) is 2.34. The monoisotopic (exact) mass is 315 g/mol. The van der Waals surface area contributed by atoms with Gasteiger partial charge in [0, 0.05) is 0 Å². The first-order valence-electron chi connectivity index (χ1n) is 6.14. The number of nitrogens with one attached hydrogen (secondary N) is 1. The maximum absolute atomic E-state index is 12.8. The molecule has 1 unspecified atom stereocenters. The van der Waals surface area contributed by atoms with Crippen LogP contribution in [0.3, 0.4) is 0 Å². The standard InChI is InChI=1S/C13H15F6NO/c1-3-21-9-6-4-8(5-7-9)10(20-2)11(12(14,15)16)13(17,18)19/h4-7,10-11,20H,3H2,1-2H3. The van der Waals surface area contributed by atoms with Crippen LogP contribution in [0.2, 0.25) is 0 Å². The lowest BCUT2D eigenvalue weighted by Gasteiger charge is -2.30. The SMILES string of the molecule is CCOc1ccc(C(NC)C(C(F)(F)F)C(F)(F)F)cc1. The fraction of sp³-hybridized carbons (Fsp3) is 0.538. The molecule has 0 radical (unpaired) electrons. The molecule has 0 bridgehead atoms. The molecule has 0 aromatic heterocycles. The highest BCUT2D eigenvalue weighted by molar-refractivity contribution is 5.30. The Bertz CT molecular complexity index is 425. The highest BCUT2D eigenvalue weighted by Gasteiger charge is 2.60. The van der Waals surface area contributed by atoms with E-state index in [4.69, 9.17) is 4.74 Å². The number of rotatable bonds is 5. The van der Waals surface area contributed by atoms with Crippen molar-refractivity contribution in [2.75, 3.05) is 13.7 Å². The van der Waals surface area contributed by atoms with Crippen molar-refractivity contribution in [1.82, 2.24) is 5.32 Å². The van der Waals surface area contributed by atoms with E-state index in [0.717, 1.165) is 7.05 Å². The summed E-state index contributed by atoms with van der Waals surface area (Å²) in [6, 6.07) is 3.15. The largest absolute Gasteiger partial charge is 0.494 e. The predicted molar refractivity (Wildman–Crippen MR) is 65.0 cm³/mol. The average molecular weight is 315 g/mol. The molecule has 120 valence electrons. The van der Waals surface area contributed by atoms with Gasteiger partial charge in [0.25, 0.3) is 0 Å². The van der Waals surface area contributed by atoms with E-state index in [9.17, 15) is 26.3 Å². The molecule has 0 amide bonds. The van der Waals surface area contributed by atoms with Crippen molar-refractivity contribution in [2.24, 2.45) is 5.92 Å². The first kappa shape index (κ1) is 17.6. The van der Waals surface area contributed by atoms with Gasteiger partial charge in [-0.2, -0.15) is 26.3 Å². The van der Waals surface area contributed by atoms with Crippen LogP contribution in [-0.2, 0) is 0 Å². The van der Waals surface area contributed by atoms with Gasteiger partial charge in [-0.3, -0.25) is 0 Å². The van der Waals surface area contributed by atoms with Gasteiger partial charge >= 0.3 is 12.4 Å². The maximum Gasteiger partial charge on any atom is 0.402 e. The second-order valence-corrected chi connectivity index (χ2v) is 4.33. The van der Waals surface area contributed by atoms with E-state index in [-0.39, 0.29) is 5.56 Å².